The predicted octanol–water partition coefficient (Wildman–Crippen LogP) is 3.11. The van der Waals surface area contributed by atoms with E-state index in [2.05, 4.69) is 30.3 Å². The van der Waals surface area contributed by atoms with Crippen molar-refractivity contribution in [2.75, 3.05) is 18.5 Å². The average molecular weight is 354 g/mol. The number of hydrogen-bond donors (Lipinski definition) is 1. The number of aromatic nitrogens is 2. The van der Waals surface area contributed by atoms with Crippen molar-refractivity contribution in [1.29, 1.82) is 0 Å². The number of anilines is 1. The van der Waals surface area contributed by atoms with E-state index in [4.69, 9.17) is 4.74 Å². The van der Waals surface area contributed by atoms with Crippen LogP contribution in [-0.2, 0) is 37.8 Å². The number of nitrogens with zero attached hydrogens (tertiary/aromatic N) is 3. The number of fused-ring (bicyclic) bond motifs is 2. The highest BCUT2D eigenvalue weighted by molar-refractivity contribution is 5.90. The van der Waals surface area contributed by atoms with Gasteiger partial charge in [-0.1, -0.05) is 26.0 Å². The maximum atomic E-state index is 13.1. The Balaban J connectivity index is 1.58. The summed E-state index contributed by atoms with van der Waals surface area (Å²) in [7, 11) is 1.97. The molecular weight excluding hydrogens is 328 g/mol. The van der Waals surface area contributed by atoms with E-state index in [9.17, 15) is 4.79 Å². The van der Waals surface area contributed by atoms with Gasteiger partial charge in [-0.25, -0.2) is 4.79 Å². The second kappa shape index (κ2) is 6.43. The topological polar surface area (TPSA) is 59.4 Å². The first-order valence-electron chi connectivity index (χ1n) is 9.17. The van der Waals surface area contributed by atoms with Gasteiger partial charge in [-0.3, -0.25) is 4.68 Å². The number of amides is 2. The third-order valence-corrected chi connectivity index (χ3v) is 5.34. The van der Waals surface area contributed by atoms with Crippen LogP contribution in [0.1, 0.15) is 36.2 Å². The molecule has 0 aliphatic carbocycles. The molecule has 0 spiro atoms. The van der Waals surface area contributed by atoms with Crippen LogP contribution in [0.2, 0.25) is 0 Å². The fourth-order valence-electron chi connectivity index (χ4n) is 4.01. The largest absolute Gasteiger partial charge is 0.376 e. The molecule has 138 valence electrons. The number of urea groups is 1. The second-order valence-electron chi connectivity index (χ2n) is 8.11. The van der Waals surface area contributed by atoms with Crippen LogP contribution in [0.3, 0.4) is 0 Å². The van der Waals surface area contributed by atoms with Crippen LogP contribution >= 0.6 is 0 Å². The molecular formula is C20H26N4O2. The molecule has 1 N–H and O–H groups in total. The number of ether oxygens (including phenoxy) is 1. The Bertz CT molecular complexity index is 840. The first kappa shape index (κ1) is 17.1. The van der Waals surface area contributed by atoms with Gasteiger partial charge in [0.05, 0.1) is 26.0 Å². The summed E-state index contributed by atoms with van der Waals surface area (Å²) >= 11 is 0. The minimum atomic E-state index is -0.0613. The Kier molecular flexibility index (Phi) is 4.23. The summed E-state index contributed by atoms with van der Waals surface area (Å²) in [5, 5.41) is 7.51. The molecule has 0 saturated carbocycles. The third kappa shape index (κ3) is 3.21. The Labute approximate surface area is 154 Å². The van der Waals surface area contributed by atoms with Crippen molar-refractivity contribution in [2.45, 2.75) is 39.8 Å². The highest BCUT2D eigenvalue weighted by atomic mass is 16.5. The Morgan fingerprint density at radius 3 is 3.00 bits per heavy atom. The zero-order valence-corrected chi connectivity index (χ0v) is 15.7. The predicted molar refractivity (Wildman–Crippen MR) is 99.9 cm³/mol. The summed E-state index contributed by atoms with van der Waals surface area (Å²) in [6.45, 7) is 7.00. The lowest BCUT2D eigenvalue weighted by atomic mass is 9.87. The van der Waals surface area contributed by atoms with Gasteiger partial charge < -0.3 is 15.0 Å². The molecule has 0 radical (unpaired) electrons. The molecule has 1 aromatic carbocycles. The number of carbonyl (C=O) groups excluding carboxylic acids is 1. The van der Waals surface area contributed by atoms with Crippen LogP contribution < -0.4 is 5.32 Å². The van der Waals surface area contributed by atoms with Gasteiger partial charge in [0.1, 0.15) is 0 Å². The molecule has 0 bridgehead atoms. The first-order chi connectivity index (χ1) is 12.4. The van der Waals surface area contributed by atoms with E-state index in [1.165, 1.54) is 11.3 Å². The number of benzene rings is 1. The number of hydrogen-bond acceptors (Lipinski definition) is 3. The van der Waals surface area contributed by atoms with Crippen molar-refractivity contribution in [1.82, 2.24) is 14.7 Å². The second-order valence-corrected chi connectivity index (χ2v) is 8.11. The fraction of sp³-hybridized carbons (Fsp3) is 0.500. The summed E-state index contributed by atoms with van der Waals surface area (Å²) in [5.74, 6) is 0. The zero-order chi connectivity index (χ0) is 18.3. The molecule has 3 heterocycles. The molecule has 6 nitrogen and oxygen atoms in total. The van der Waals surface area contributed by atoms with Gasteiger partial charge in [0.25, 0.3) is 0 Å². The Morgan fingerprint density at radius 1 is 1.31 bits per heavy atom. The molecule has 2 aromatic rings. The Morgan fingerprint density at radius 2 is 2.15 bits per heavy atom. The van der Waals surface area contributed by atoms with Gasteiger partial charge in [0.2, 0.25) is 0 Å². The van der Waals surface area contributed by atoms with Crippen molar-refractivity contribution in [3.05, 3.63) is 46.8 Å². The SMILES string of the molecule is Cn1ncc2c1CC(C)(C)CN(C(=O)Nc1cccc3c1COCC3)C2. The van der Waals surface area contributed by atoms with Crippen LogP contribution in [0, 0.1) is 5.41 Å². The lowest BCUT2D eigenvalue weighted by Crippen LogP contribution is -2.40. The quantitative estimate of drug-likeness (QED) is 0.856. The van der Waals surface area contributed by atoms with E-state index in [-0.39, 0.29) is 11.4 Å². The van der Waals surface area contributed by atoms with Crippen LogP contribution in [0.15, 0.2) is 24.4 Å². The van der Waals surface area contributed by atoms with Crippen molar-refractivity contribution >= 4 is 11.7 Å². The molecule has 2 amide bonds. The first-order valence-corrected chi connectivity index (χ1v) is 9.17. The highest BCUT2D eigenvalue weighted by Gasteiger charge is 2.32. The zero-order valence-electron chi connectivity index (χ0n) is 15.7. The third-order valence-electron chi connectivity index (χ3n) is 5.34. The number of aryl methyl sites for hydroxylation is 1. The maximum Gasteiger partial charge on any atom is 0.322 e. The summed E-state index contributed by atoms with van der Waals surface area (Å²) in [6.07, 6.45) is 3.70. The van der Waals surface area contributed by atoms with Crippen LogP contribution in [0.4, 0.5) is 10.5 Å². The normalized spacial score (nSPS) is 18.7. The molecule has 0 unspecified atom stereocenters. The number of nitrogens with one attached hydrogen (secondary N) is 1. The van der Waals surface area contributed by atoms with Crippen LogP contribution in [0.25, 0.3) is 0 Å². The molecule has 0 saturated heterocycles. The molecule has 26 heavy (non-hydrogen) atoms. The van der Waals surface area contributed by atoms with Gasteiger partial charge in [-0.15, -0.1) is 0 Å². The lowest BCUT2D eigenvalue weighted by molar-refractivity contribution is 0.111. The van der Waals surface area contributed by atoms with Gasteiger partial charge in [-0.2, -0.15) is 5.10 Å². The van der Waals surface area contributed by atoms with Gasteiger partial charge in [0, 0.05) is 36.1 Å². The van der Waals surface area contributed by atoms with E-state index in [0.717, 1.165) is 36.3 Å². The van der Waals surface area contributed by atoms with Crippen molar-refractivity contribution < 1.29 is 9.53 Å². The maximum absolute atomic E-state index is 13.1. The van der Waals surface area contributed by atoms with Gasteiger partial charge >= 0.3 is 6.03 Å². The van der Waals surface area contributed by atoms with Crippen molar-refractivity contribution in [3.8, 4) is 0 Å². The number of carbonyl (C=O) groups is 1. The van der Waals surface area contributed by atoms with E-state index in [0.29, 0.717) is 19.7 Å². The minimum Gasteiger partial charge on any atom is -0.376 e. The van der Waals surface area contributed by atoms with Crippen LogP contribution in [-0.4, -0.2) is 33.9 Å². The average Bonchev–Trinajstić information content (AvgIpc) is 2.86. The molecule has 2 aliphatic rings. The molecule has 4 rings (SSSR count). The molecule has 1 aromatic heterocycles. The summed E-state index contributed by atoms with van der Waals surface area (Å²) in [4.78, 5) is 15.0. The van der Waals surface area contributed by atoms with Crippen molar-refractivity contribution in [2.24, 2.45) is 12.5 Å². The monoisotopic (exact) mass is 354 g/mol. The summed E-state index contributed by atoms with van der Waals surface area (Å²) in [6, 6.07) is 6.02. The number of rotatable bonds is 1. The van der Waals surface area contributed by atoms with Crippen molar-refractivity contribution in [3.63, 3.8) is 0 Å². The molecule has 2 aliphatic heterocycles. The van der Waals surface area contributed by atoms with Gasteiger partial charge in [-0.05, 0) is 29.9 Å². The smallest absolute Gasteiger partial charge is 0.322 e. The molecule has 6 heteroatoms. The summed E-state index contributed by atoms with van der Waals surface area (Å²) in [5.41, 5.74) is 5.57. The highest BCUT2D eigenvalue weighted by Crippen LogP contribution is 2.31. The molecule has 0 fully saturated rings. The van der Waals surface area contributed by atoms with E-state index in [1.54, 1.807) is 0 Å². The summed E-state index contributed by atoms with van der Waals surface area (Å²) < 4.78 is 7.52. The standard InChI is InChI=1S/C20H26N4O2/c1-20(2)9-18-15(10-21-23(18)3)11-24(13-20)19(25)22-17-6-4-5-14-7-8-26-12-16(14)17/h4-6,10H,7-9,11-13H2,1-3H3,(H,22,25). The van der Waals surface area contributed by atoms with E-state index < -0.39 is 0 Å². The van der Waals surface area contributed by atoms with Gasteiger partial charge in [0.15, 0.2) is 0 Å². The minimum absolute atomic E-state index is 0.00436. The Hall–Kier alpha value is -2.34. The van der Waals surface area contributed by atoms with E-state index in [1.807, 2.05) is 35.0 Å². The van der Waals surface area contributed by atoms with E-state index >= 15 is 0 Å². The van der Waals surface area contributed by atoms with Crippen LogP contribution in [0.5, 0.6) is 0 Å². The lowest BCUT2D eigenvalue weighted by Gasteiger charge is -2.30. The fourth-order valence-corrected chi connectivity index (χ4v) is 4.01. The molecule has 0 atom stereocenters.